The summed E-state index contributed by atoms with van der Waals surface area (Å²) >= 11 is 0. The Bertz CT molecular complexity index is 673. The van der Waals surface area contributed by atoms with E-state index in [1.54, 1.807) is 13.0 Å². The molecule has 0 aliphatic carbocycles. The van der Waals surface area contributed by atoms with Crippen LogP contribution in [-0.4, -0.2) is 22.3 Å². The molecule has 118 valence electrons. The van der Waals surface area contributed by atoms with Crippen LogP contribution < -0.4 is 10.1 Å². The maximum Gasteiger partial charge on any atom is 0.387 e. The molecule has 0 radical (unpaired) electrons. The van der Waals surface area contributed by atoms with Crippen LogP contribution in [0.15, 0.2) is 30.5 Å². The first kappa shape index (κ1) is 15.8. The number of amides is 1. The number of nitrogens with one attached hydrogen (secondary N) is 1. The molecule has 0 unspecified atom stereocenters. The average molecular weight is 317 g/mol. The summed E-state index contributed by atoms with van der Waals surface area (Å²) in [5.41, 5.74) is 0.363. The molecule has 1 amide bonds. The van der Waals surface area contributed by atoms with Crippen molar-refractivity contribution in [2.24, 2.45) is 0 Å². The predicted molar refractivity (Wildman–Crippen MR) is 69.2 cm³/mol. The Labute approximate surface area is 122 Å². The van der Waals surface area contributed by atoms with Gasteiger partial charge in [0.05, 0.1) is 5.69 Å². The van der Waals surface area contributed by atoms with Gasteiger partial charge in [0.15, 0.2) is 5.69 Å². The molecule has 1 aromatic carbocycles. The fourth-order valence-electron chi connectivity index (χ4n) is 1.68. The van der Waals surface area contributed by atoms with Crippen molar-refractivity contribution in [3.05, 3.63) is 41.7 Å². The smallest absolute Gasteiger partial charge is 0.387 e. The molecule has 9 heteroatoms. The molecule has 0 fully saturated rings. The number of halogens is 4. The van der Waals surface area contributed by atoms with Crippen LogP contribution in [0.5, 0.6) is 5.75 Å². The predicted octanol–water partition coefficient (Wildman–Crippen LogP) is 3.44. The second-order valence-corrected chi connectivity index (χ2v) is 4.29. The number of anilines is 1. The number of ether oxygens (including phenoxy) is 1. The molecular formula is C13H11F4N3O2. The Morgan fingerprint density at radius 1 is 1.27 bits per heavy atom. The van der Waals surface area contributed by atoms with E-state index in [0.29, 0.717) is 10.2 Å². The van der Waals surface area contributed by atoms with Crippen LogP contribution in [0.25, 0.3) is 0 Å². The number of carbonyl (C=O) groups is 1. The van der Waals surface area contributed by atoms with E-state index < -0.39 is 19.1 Å². The summed E-state index contributed by atoms with van der Waals surface area (Å²) in [6, 6.07) is 5.35. The molecule has 0 bridgehead atoms. The number of aromatic nitrogens is 2. The van der Waals surface area contributed by atoms with Gasteiger partial charge in [-0.25, -0.2) is 4.68 Å². The molecule has 1 N–H and O–H groups in total. The molecule has 0 saturated heterocycles. The molecule has 0 aliphatic heterocycles. The highest BCUT2D eigenvalue weighted by Gasteiger charge is 2.16. The van der Waals surface area contributed by atoms with E-state index in [2.05, 4.69) is 15.2 Å². The van der Waals surface area contributed by atoms with E-state index in [-0.39, 0.29) is 17.1 Å². The van der Waals surface area contributed by atoms with Gasteiger partial charge in [-0.15, -0.1) is 0 Å². The van der Waals surface area contributed by atoms with Crippen molar-refractivity contribution < 1.29 is 27.1 Å². The molecule has 5 nitrogen and oxygen atoms in total. The first-order chi connectivity index (χ1) is 10.4. The van der Waals surface area contributed by atoms with Crippen LogP contribution in [0.3, 0.4) is 0 Å². The summed E-state index contributed by atoms with van der Waals surface area (Å²) in [5.74, 6) is -1.04. The lowest BCUT2D eigenvalue weighted by molar-refractivity contribution is -0.0494. The van der Waals surface area contributed by atoms with Gasteiger partial charge in [-0.3, -0.25) is 4.79 Å². The zero-order valence-electron chi connectivity index (χ0n) is 11.3. The monoisotopic (exact) mass is 317 g/mol. The van der Waals surface area contributed by atoms with Crippen LogP contribution in [-0.2, 0) is 0 Å². The second kappa shape index (κ2) is 6.46. The number of benzene rings is 1. The van der Waals surface area contributed by atoms with Crippen molar-refractivity contribution in [2.45, 2.75) is 20.1 Å². The Balaban J connectivity index is 2.20. The van der Waals surface area contributed by atoms with Gasteiger partial charge in [0, 0.05) is 6.20 Å². The quantitative estimate of drug-likeness (QED) is 0.860. The molecule has 2 rings (SSSR count). The fraction of sp³-hybridized carbons (Fsp3) is 0.231. The molecule has 22 heavy (non-hydrogen) atoms. The van der Waals surface area contributed by atoms with Crippen molar-refractivity contribution in [1.82, 2.24) is 9.78 Å². The molecular weight excluding hydrogens is 306 g/mol. The SMILES string of the molecule is Cc1ccc(NC(=O)c2ccn(C(F)F)n2)c(OC(F)F)c1. The number of rotatable bonds is 5. The van der Waals surface area contributed by atoms with Gasteiger partial charge in [0.25, 0.3) is 5.91 Å². The third kappa shape index (κ3) is 3.74. The highest BCUT2D eigenvalue weighted by molar-refractivity contribution is 6.03. The second-order valence-electron chi connectivity index (χ2n) is 4.29. The van der Waals surface area contributed by atoms with Crippen molar-refractivity contribution in [1.29, 1.82) is 0 Å². The molecule has 0 spiro atoms. The number of aryl methyl sites for hydroxylation is 1. The van der Waals surface area contributed by atoms with Gasteiger partial charge < -0.3 is 10.1 Å². The molecule has 0 saturated carbocycles. The van der Waals surface area contributed by atoms with Crippen molar-refractivity contribution in [3.63, 3.8) is 0 Å². The fourth-order valence-corrected chi connectivity index (χ4v) is 1.68. The lowest BCUT2D eigenvalue weighted by atomic mass is 10.2. The normalized spacial score (nSPS) is 11.0. The summed E-state index contributed by atoms with van der Waals surface area (Å²) in [4.78, 5) is 11.9. The van der Waals surface area contributed by atoms with E-state index in [1.807, 2.05) is 0 Å². The maximum atomic E-state index is 12.4. The third-order valence-electron chi connectivity index (χ3n) is 2.64. The lowest BCUT2D eigenvalue weighted by Gasteiger charge is -2.12. The van der Waals surface area contributed by atoms with Crippen LogP contribution >= 0.6 is 0 Å². The Hall–Kier alpha value is -2.58. The Morgan fingerprint density at radius 3 is 2.59 bits per heavy atom. The summed E-state index contributed by atoms with van der Waals surface area (Å²) in [6.45, 7) is -4.28. The first-order valence-corrected chi connectivity index (χ1v) is 6.07. The number of carbonyl (C=O) groups excluding carboxylic acids is 1. The van der Waals surface area contributed by atoms with E-state index >= 15 is 0 Å². The minimum absolute atomic E-state index is 0.0116. The molecule has 0 atom stereocenters. The number of nitrogens with zero attached hydrogens (tertiary/aromatic N) is 2. The summed E-state index contributed by atoms with van der Waals surface area (Å²) in [6.07, 6.45) is 0.936. The number of hydrogen-bond donors (Lipinski definition) is 1. The van der Waals surface area contributed by atoms with Gasteiger partial charge >= 0.3 is 13.2 Å². The van der Waals surface area contributed by atoms with Gasteiger partial charge in [-0.05, 0) is 30.7 Å². The number of hydrogen-bond acceptors (Lipinski definition) is 3. The zero-order chi connectivity index (χ0) is 16.3. The highest BCUT2D eigenvalue weighted by Crippen LogP contribution is 2.27. The van der Waals surface area contributed by atoms with E-state index in [9.17, 15) is 22.4 Å². The Morgan fingerprint density at radius 2 is 2.00 bits per heavy atom. The molecule has 1 aromatic heterocycles. The van der Waals surface area contributed by atoms with Crippen LogP contribution in [0.4, 0.5) is 23.2 Å². The van der Waals surface area contributed by atoms with E-state index in [0.717, 1.165) is 12.3 Å². The molecule has 1 heterocycles. The van der Waals surface area contributed by atoms with Crippen molar-refractivity contribution in [3.8, 4) is 5.75 Å². The average Bonchev–Trinajstić information content (AvgIpc) is 2.91. The van der Waals surface area contributed by atoms with Crippen molar-refractivity contribution >= 4 is 11.6 Å². The summed E-state index contributed by atoms with van der Waals surface area (Å²) in [7, 11) is 0. The Kier molecular flexibility index (Phi) is 4.64. The van der Waals surface area contributed by atoms with Crippen molar-refractivity contribution in [2.75, 3.05) is 5.32 Å². The van der Waals surface area contributed by atoms with Crippen LogP contribution in [0.2, 0.25) is 0 Å². The minimum atomic E-state index is -3.06. The third-order valence-corrected chi connectivity index (χ3v) is 2.64. The highest BCUT2D eigenvalue weighted by atomic mass is 19.3. The summed E-state index contributed by atoms with van der Waals surface area (Å²) in [5, 5.41) is 5.67. The minimum Gasteiger partial charge on any atom is -0.433 e. The van der Waals surface area contributed by atoms with Crippen LogP contribution in [0, 0.1) is 6.92 Å². The van der Waals surface area contributed by atoms with Crippen LogP contribution in [0.1, 0.15) is 22.6 Å². The topological polar surface area (TPSA) is 56.2 Å². The van der Waals surface area contributed by atoms with Gasteiger partial charge in [-0.2, -0.15) is 22.7 Å². The van der Waals surface area contributed by atoms with Gasteiger partial charge in [0.2, 0.25) is 0 Å². The van der Waals surface area contributed by atoms with E-state index in [4.69, 9.17) is 0 Å². The number of alkyl halides is 4. The van der Waals surface area contributed by atoms with E-state index in [1.165, 1.54) is 12.1 Å². The largest absolute Gasteiger partial charge is 0.433 e. The zero-order valence-corrected chi connectivity index (χ0v) is 11.3. The summed E-state index contributed by atoms with van der Waals surface area (Å²) < 4.78 is 54.1. The lowest BCUT2D eigenvalue weighted by Crippen LogP contribution is -2.15. The molecule has 0 aliphatic rings. The standard InChI is InChI=1S/C13H11F4N3O2/c1-7-2-3-8(10(6-7)22-13(16)17)18-11(21)9-4-5-20(19-9)12(14)15/h2-6,12-13H,1H3,(H,18,21). The van der Waals surface area contributed by atoms with Gasteiger partial charge in [0.1, 0.15) is 5.75 Å². The van der Waals surface area contributed by atoms with Gasteiger partial charge in [-0.1, -0.05) is 6.07 Å². The molecule has 2 aromatic rings. The maximum absolute atomic E-state index is 12.4. The first-order valence-electron chi connectivity index (χ1n) is 6.07.